The minimum Gasteiger partial charge on any atom is -0.543 e. The lowest BCUT2D eigenvalue weighted by molar-refractivity contribution is -0.896. The number of aliphatic carboxylic acids is 1. The van der Waals surface area contributed by atoms with E-state index < -0.39 is 29.2 Å². The summed E-state index contributed by atoms with van der Waals surface area (Å²) < 4.78 is 0.760. The summed E-state index contributed by atoms with van der Waals surface area (Å²) in [6.07, 6.45) is 0. The van der Waals surface area contributed by atoms with Gasteiger partial charge in [-0.1, -0.05) is 5.16 Å². The van der Waals surface area contributed by atoms with Crippen molar-refractivity contribution in [3.05, 3.63) is 22.3 Å². The van der Waals surface area contributed by atoms with Gasteiger partial charge in [0.05, 0.1) is 31.8 Å². The van der Waals surface area contributed by atoms with Crippen LogP contribution in [0.2, 0.25) is 0 Å². The minimum absolute atomic E-state index is 0.0548. The Balaban J connectivity index is 1.31. The van der Waals surface area contributed by atoms with Crippen LogP contribution in [0.3, 0.4) is 0 Å². The number of amides is 2. The molecule has 2 amide bonds. The van der Waals surface area contributed by atoms with Crippen LogP contribution in [-0.2, 0) is 19.2 Å². The number of nitrogens with two attached hydrogens (primary N) is 1. The van der Waals surface area contributed by atoms with Crippen molar-refractivity contribution in [1.29, 1.82) is 0 Å². The molecule has 2 unspecified atom stereocenters. The van der Waals surface area contributed by atoms with Crippen LogP contribution in [-0.4, -0.2) is 114 Å². The zero-order chi connectivity index (χ0) is 25.8. The molecule has 194 valence electrons. The molecule has 36 heavy (non-hydrogen) atoms. The summed E-state index contributed by atoms with van der Waals surface area (Å²) in [6, 6.07) is -0.900. The number of nitrogen functional groups attached to an aromatic ring is 1. The fourth-order valence-electron chi connectivity index (χ4n) is 6.08. The zero-order valence-corrected chi connectivity index (χ0v) is 21.9. The molecule has 12 nitrogen and oxygen atoms in total. The molecule has 5 heterocycles. The van der Waals surface area contributed by atoms with E-state index in [1.165, 1.54) is 23.8 Å². The third-order valence-corrected chi connectivity index (χ3v) is 9.39. The molecule has 3 fully saturated rings. The lowest BCUT2D eigenvalue weighted by Gasteiger charge is -2.51. The second-order valence-electron chi connectivity index (χ2n) is 10.2. The number of hydrogen-bond acceptors (Lipinski definition) is 11. The molecule has 0 radical (unpaired) electrons. The molecule has 4 aliphatic heterocycles. The van der Waals surface area contributed by atoms with Gasteiger partial charge in [-0.3, -0.25) is 14.5 Å². The SMILES string of the molecule is CO/N=C(\C(=O)N[C@@H]1C(=O)N2C(C(=O)[O-])=C(C[N+]3(C)CC4CN(C)CC4C3)CS[C@H]12)c1csc(N)n1. The highest BCUT2D eigenvalue weighted by atomic mass is 32.2. The molecular formula is C22H29N7O5S2. The number of β-lactam (4-membered cyclic amide) rings is 1. The molecule has 3 saturated heterocycles. The maximum Gasteiger partial charge on any atom is 0.276 e. The van der Waals surface area contributed by atoms with Crippen molar-refractivity contribution in [1.82, 2.24) is 20.1 Å². The standard InChI is InChI=1S/C22H29N7O5S2/c1-27-4-11-6-29(2,7-12(11)5-27)8-13-9-35-20-16(19(31)28(20)17(13)21(32)33)25-18(30)15(26-34-3)14-10-36-22(23)24-14/h10-12,16,20H,4-9H2,1-3H3,(H3-,23,24,25,30,32,33)/b26-15-/t11?,12?,16-,20-,29?/m1/s1. The van der Waals surface area contributed by atoms with Crippen LogP contribution in [0, 0.1) is 11.8 Å². The van der Waals surface area contributed by atoms with Crippen molar-refractivity contribution in [2.45, 2.75) is 11.4 Å². The number of rotatable bonds is 7. The number of thioether (sulfide) groups is 1. The number of carboxylic acid groups (broad SMARTS) is 1. The summed E-state index contributed by atoms with van der Waals surface area (Å²) in [5.41, 5.74) is 6.44. The maximum atomic E-state index is 13.1. The van der Waals surface area contributed by atoms with Gasteiger partial charge in [-0.25, -0.2) is 4.98 Å². The summed E-state index contributed by atoms with van der Waals surface area (Å²) in [4.78, 5) is 50.6. The Hall–Kier alpha value is -2.68. The van der Waals surface area contributed by atoms with Gasteiger partial charge in [0.1, 0.15) is 30.8 Å². The van der Waals surface area contributed by atoms with Crippen molar-refractivity contribution < 1.29 is 28.8 Å². The van der Waals surface area contributed by atoms with E-state index >= 15 is 0 Å². The fraction of sp³-hybridized carbons (Fsp3) is 0.591. The molecule has 3 N–H and O–H groups in total. The van der Waals surface area contributed by atoms with Crippen molar-refractivity contribution in [3.8, 4) is 0 Å². The number of carbonyl (C=O) groups is 3. The fourth-order valence-corrected chi connectivity index (χ4v) is 7.96. The monoisotopic (exact) mass is 535 g/mol. The molecule has 0 bridgehead atoms. The first kappa shape index (κ1) is 25.0. The second-order valence-corrected chi connectivity index (χ2v) is 12.2. The van der Waals surface area contributed by atoms with E-state index in [0.717, 1.165) is 42.0 Å². The van der Waals surface area contributed by atoms with Crippen LogP contribution >= 0.6 is 23.1 Å². The molecule has 4 atom stereocenters. The molecule has 14 heteroatoms. The maximum absolute atomic E-state index is 13.1. The summed E-state index contributed by atoms with van der Waals surface area (Å²) in [7, 11) is 5.60. The van der Waals surface area contributed by atoms with E-state index in [1.54, 1.807) is 5.38 Å². The Kier molecular flexibility index (Phi) is 6.47. The number of likely N-dealkylation sites (N-methyl/N-ethyl adjacent to an activating group) is 1. The predicted octanol–water partition coefficient (Wildman–Crippen LogP) is -1.88. The first-order chi connectivity index (χ1) is 17.1. The van der Waals surface area contributed by atoms with E-state index in [4.69, 9.17) is 10.6 Å². The van der Waals surface area contributed by atoms with Crippen molar-refractivity contribution in [3.63, 3.8) is 0 Å². The van der Waals surface area contributed by atoms with Gasteiger partial charge in [0.25, 0.3) is 11.8 Å². The number of likely N-dealkylation sites (tertiary alicyclic amines) is 2. The lowest BCUT2D eigenvalue weighted by atomic mass is 10.0. The molecule has 4 aliphatic rings. The van der Waals surface area contributed by atoms with Crippen LogP contribution in [0.15, 0.2) is 21.8 Å². The van der Waals surface area contributed by atoms with E-state index in [9.17, 15) is 19.5 Å². The van der Waals surface area contributed by atoms with Crippen LogP contribution in [0.1, 0.15) is 5.69 Å². The van der Waals surface area contributed by atoms with Crippen molar-refractivity contribution in [2.24, 2.45) is 17.0 Å². The topological polar surface area (TPSA) is 153 Å². The quantitative estimate of drug-likeness (QED) is 0.177. The normalized spacial score (nSPS) is 32.2. The number of oxime groups is 1. The zero-order valence-electron chi connectivity index (χ0n) is 20.3. The number of carbonyl (C=O) groups excluding carboxylic acids is 3. The molecule has 0 saturated carbocycles. The average Bonchev–Trinajstić information content (AvgIpc) is 3.47. The third-order valence-electron chi connectivity index (χ3n) is 7.37. The predicted molar refractivity (Wildman–Crippen MR) is 132 cm³/mol. The van der Waals surface area contributed by atoms with Gasteiger partial charge in [-0.05, 0) is 7.05 Å². The largest absolute Gasteiger partial charge is 0.543 e. The molecule has 1 aromatic heterocycles. The van der Waals surface area contributed by atoms with E-state index in [2.05, 4.69) is 34.5 Å². The Morgan fingerprint density at radius 2 is 2.06 bits per heavy atom. The molecule has 0 aromatic carbocycles. The van der Waals surface area contributed by atoms with Gasteiger partial charge in [0.15, 0.2) is 10.8 Å². The van der Waals surface area contributed by atoms with Crippen LogP contribution in [0.25, 0.3) is 0 Å². The summed E-state index contributed by atoms with van der Waals surface area (Å²) in [5, 5.41) is 19.9. The van der Waals surface area contributed by atoms with Gasteiger partial charge in [0.2, 0.25) is 0 Å². The Morgan fingerprint density at radius 3 is 2.64 bits per heavy atom. The van der Waals surface area contributed by atoms with Gasteiger partial charge in [-0.2, -0.15) is 0 Å². The average molecular weight is 536 g/mol. The van der Waals surface area contributed by atoms with Crippen LogP contribution in [0.5, 0.6) is 0 Å². The van der Waals surface area contributed by atoms with Crippen molar-refractivity contribution >= 4 is 51.7 Å². The molecular weight excluding hydrogens is 506 g/mol. The van der Waals surface area contributed by atoms with Gasteiger partial charge in [0, 0.05) is 41.6 Å². The van der Waals surface area contributed by atoms with Crippen molar-refractivity contribution in [2.75, 3.05) is 65.4 Å². The van der Waals surface area contributed by atoms with Crippen LogP contribution < -0.4 is 16.2 Å². The summed E-state index contributed by atoms with van der Waals surface area (Å²) >= 11 is 2.59. The number of nitrogens with one attached hydrogen (secondary N) is 1. The molecule has 0 spiro atoms. The third kappa shape index (κ3) is 4.35. The number of aromatic nitrogens is 1. The summed E-state index contributed by atoms with van der Waals surface area (Å²) in [6.45, 7) is 4.67. The number of nitrogens with zero attached hydrogens (tertiary/aromatic N) is 5. The Labute approximate surface area is 216 Å². The highest BCUT2D eigenvalue weighted by Crippen LogP contribution is 2.42. The number of thiazole rings is 1. The number of quaternary nitrogens is 1. The number of anilines is 1. The van der Waals surface area contributed by atoms with Crippen LogP contribution in [0.4, 0.5) is 5.13 Å². The van der Waals surface area contributed by atoms with Gasteiger partial charge >= 0.3 is 0 Å². The van der Waals surface area contributed by atoms with E-state index in [-0.39, 0.29) is 22.2 Å². The van der Waals surface area contributed by atoms with Gasteiger partial charge < -0.3 is 35.2 Å². The molecule has 0 aliphatic carbocycles. The number of hydrogen-bond donors (Lipinski definition) is 2. The first-order valence-corrected chi connectivity index (χ1v) is 13.6. The minimum atomic E-state index is -1.36. The first-order valence-electron chi connectivity index (χ1n) is 11.6. The van der Waals surface area contributed by atoms with E-state index in [1.807, 2.05) is 0 Å². The number of fused-ring (bicyclic) bond motifs is 2. The van der Waals surface area contributed by atoms with E-state index in [0.29, 0.717) is 29.7 Å². The highest BCUT2D eigenvalue weighted by molar-refractivity contribution is 8.00. The number of carboxylic acids is 1. The molecule has 5 rings (SSSR count). The lowest BCUT2D eigenvalue weighted by Crippen LogP contribution is -2.71. The smallest absolute Gasteiger partial charge is 0.276 e. The highest BCUT2D eigenvalue weighted by Gasteiger charge is 2.54. The second kappa shape index (κ2) is 9.32. The Morgan fingerprint density at radius 1 is 1.36 bits per heavy atom. The molecule has 1 aromatic rings. The summed E-state index contributed by atoms with van der Waals surface area (Å²) in [5.74, 6) is -0.839. The van der Waals surface area contributed by atoms with Gasteiger partial charge in [-0.15, -0.1) is 23.1 Å². The Bertz CT molecular complexity index is 1150.